The number of carboxylic acids is 1. The molecule has 1 atom stereocenters. The number of benzene rings is 1. The number of halogens is 2. The maximum atomic E-state index is 14.7. The van der Waals surface area contributed by atoms with Gasteiger partial charge in [0, 0.05) is 19.1 Å². The molecule has 7 nitrogen and oxygen atoms in total. The van der Waals surface area contributed by atoms with E-state index < -0.39 is 23.5 Å². The van der Waals surface area contributed by atoms with Gasteiger partial charge in [-0.25, -0.2) is 14.0 Å². The van der Waals surface area contributed by atoms with Gasteiger partial charge >= 0.3 is 12.1 Å². The van der Waals surface area contributed by atoms with Gasteiger partial charge in [-0.05, 0) is 46.1 Å². The Morgan fingerprint density at radius 2 is 1.96 bits per heavy atom. The number of carboxylic acid groups (broad SMARTS) is 1. The molecule has 3 N–H and O–H groups in total. The third-order valence-electron chi connectivity index (χ3n) is 4.58. The largest absolute Gasteiger partial charge is 0.478 e. The van der Waals surface area contributed by atoms with Crippen molar-refractivity contribution in [1.29, 1.82) is 0 Å². The predicted molar refractivity (Wildman–Crippen MR) is 105 cm³/mol. The molecule has 1 aliphatic heterocycles. The average Bonchev–Trinajstić information content (AvgIpc) is 3.26. The number of carbonyl (C=O) groups is 2. The van der Waals surface area contributed by atoms with Crippen LogP contribution in [0.4, 0.5) is 20.6 Å². The van der Waals surface area contributed by atoms with E-state index in [9.17, 15) is 19.1 Å². The van der Waals surface area contributed by atoms with Crippen LogP contribution in [0.1, 0.15) is 50.4 Å². The first kappa shape index (κ1) is 20.5. The second-order valence-electron chi connectivity index (χ2n) is 8.25. The zero-order chi connectivity index (χ0) is 20.6. The fourth-order valence-electron chi connectivity index (χ4n) is 3.20. The molecule has 1 saturated heterocycles. The lowest BCUT2D eigenvalue weighted by molar-refractivity contribution is 0.0508. The first-order chi connectivity index (χ1) is 13.0. The van der Waals surface area contributed by atoms with Crippen LogP contribution in [-0.4, -0.2) is 47.9 Å². The summed E-state index contributed by atoms with van der Waals surface area (Å²) in [6.45, 7) is 6.17. The minimum Gasteiger partial charge on any atom is -0.478 e. The van der Waals surface area contributed by atoms with E-state index in [1.165, 1.54) is 0 Å². The van der Waals surface area contributed by atoms with Crippen LogP contribution in [0.5, 0.6) is 0 Å². The molecular weight excluding hydrogens is 389 g/mol. The van der Waals surface area contributed by atoms with Crippen molar-refractivity contribution in [3.63, 3.8) is 0 Å². The normalized spacial score (nSPS) is 19.5. The number of alkyl carbamates (subject to hydrolysis) is 1. The highest BCUT2D eigenvalue weighted by Gasteiger charge is 2.32. The number of nitrogens with one attached hydrogen (secondary N) is 2. The number of rotatable bonds is 5. The Morgan fingerprint density at radius 1 is 1.29 bits per heavy atom. The Bertz CT molecular complexity index is 792. The second kappa shape index (κ2) is 7.66. The van der Waals surface area contributed by atoms with Crippen LogP contribution in [0.2, 0.25) is 5.02 Å². The van der Waals surface area contributed by atoms with Crippen molar-refractivity contribution < 1.29 is 23.8 Å². The lowest BCUT2D eigenvalue weighted by atomic mass is 10.1. The second-order valence-corrected chi connectivity index (χ2v) is 8.62. The van der Waals surface area contributed by atoms with Crippen LogP contribution in [0, 0.1) is 5.82 Å². The first-order valence-corrected chi connectivity index (χ1v) is 9.69. The minimum absolute atomic E-state index is 0.0576. The summed E-state index contributed by atoms with van der Waals surface area (Å²) in [5, 5.41) is 15.3. The van der Waals surface area contributed by atoms with Crippen molar-refractivity contribution in [2.24, 2.45) is 0 Å². The number of hydrogen-bond donors (Lipinski definition) is 3. The number of ether oxygens (including phenoxy) is 1. The summed E-state index contributed by atoms with van der Waals surface area (Å²) in [7, 11) is 0. The summed E-state index contributed by atoms with van der Waals surface area (Å²) in [6, 6.07) is 0.946. The van der Waals surface area contributed by atoms with Gasteiger partial charge in [0.05, 0.1) is 28.0 Å². The van der Waals surface area contributed by atoms with Crippen molar-refractivity contribution in [1.82, 2.24) is 5.32 Å². The lowest BCUT2D eigenvalue weighted by Crippen LogP contribution is -2.40. The van der Waals surface area contributed by atoms with Gasteiger partial charge in [-0.2, -0.15) is 0 Å². The van der Waals surface area contributed by atoms with Crippen molar-refractivity contribution in [2.45, 2.75) is 57.7 Å². The number of aromatic carboxylic acids is 1. The molecule has 2 aliphatic rings. The highest BCUT2D eigenvalue weighted by molar-refractivity contribution is 6.37. The summed E-state index contributed by atoms with van der Waals surface area (Å²) in [5.41, 5.74) is -0.380. The summed E-state index contributed by atoms with van der Waals surface area (Å²) in [5.74, 6) is -1.93. The SMILES string of the molecule is CC(C)(C)OC(=O)NC1CCN(c2c(F)cc(C(=O)O)c(NC3CC3)c2Cl)C1. The quantitative estimate of drug-likeness (QED) is 0.679. The molecule has 1 heterocycles. The fourth-order valence-corrected chi connectivity index (χ4v) is 3.56. The van der Waals surface area contributed by atoms with Crippen LogP contribution in [-0.2, 0) is 4.74 Å². The summed E-state index contributed by atoms with van der Waals surface area (Å²) in [4.78, 5) is 25.2. The molecule has 1 aromatic carbocycles. The van der Waals surface area contributed by atoms with Gasteiger partial charge < -0.3 is 25.4 Å². The third-order valence-corrected chi connectivity index (χ3v) is 4.94. The van der Waals surface area contributed by atoms with E-state index in [1.54, 1.807) is 25.7 Å². The standard InChI is InChI=1S/C19H25ClFN3O4/c1-19(2,3)28-18(27)23-11-6-7-24(9-11)16-13(21)8-12(17(25)26)15(14(16)20)22-10-4-5-10/h8,10-11,22H,4-7,9H2,1-3H3,(H,23,27)(H,25,26). The summed E-state index contributed by atoms with van der Waals surface area (Å²) in [6.07, 6.45) is 1.92. The van der Waals surface area contributed by atoms with Gasteiger partial charge in [0.25, 0.3) is 0 Å². The molecule has 9 heteroatoms. The monoisotopic (exact) mass is 413 g/mol. The van der Waals surface area contributed by atoms with Gasteiger partial charge in [0.2, 0.25) is 0 Å². The van der Waals surface area contributed by atoms with E-state index in [0.29, 0.717) is 19.5 Å². The summed E-state index contributed by atoms with van der Waals surface area (Å²) < 4.78 is 20.0. The van der Waals surface area contributed by atoms with Crippen LogP contribution in [0.15, 0.2) is 6.07 Å². The fraction of sp³-hybridized carbons (Fsp3) is 0.579. The average molecular weight is 414 g/mol. The lowest BCUT2D eigenvalue weighted by Gasteiger charge is -2.24. The van der Waals surface area contributed by atoms with Crippen LogP contribution >= 0.6 is 11.6 Å². The van der Waals surface area contributed by atoms with Crippen molar-refractivity contribution in [3.8, 4) is 0 Å². The van der Waals surface area contributed by atoms with E-state index >= 15 is 0 Å². The Morgan fingerprint density at radius 3 is 2.54 bits per heavy atom. The van der Waals surface area contributed by atoms with E-state index in [0.717, 1.165) is 18.9 Å². The Hall–Kier alpha value is -2.22. The van der Waals surface area contributed by atoms with Gasteiger partial charge in [-0.1, -0.05) is 11.6 Å². The van der Waals surface area contributed by atoms with E-state index in [1.807, 2.05) is 0 Å². The highest BCUT2D eigenvalue weighted by Crippen LogP contribution is 2.41. The van der Waals surface area contributed by atoms with Gasteiger partial charge in [-0.3, -0.25) is 0 Å². The highest BCUT2D eigenvalue weighted by atomic mass is 35.5. The maximum Gasteiger partial charge on any atom is 0.407 e. The molecule has 154 valence electrons. The van der Waals surface area contributed by atoms with Crippen LogP contribution in [0.3, 0.4) is 0 Å². The van der Waals surface area contributed by atoms with Gasteiger partial charge in [-0.15, -0.1) is 0 Å². The summed E-state index contributed by atoms with van der Waals surface area (Å²) >= 11 is 6.44. The molecule has 0 spiro atoms. The van der Waals surface area contributed by atoms with Gasteiger partial charge in [0.15, 0.2) is 0 Å². The Labute approximate surface area is 168 Å². The van der Waals surface area contributed by atoms with E-state index in [2.05, 4.69) is 10.6 Å². The molecule has 0 radical (unpaired) electrons. The molecule has 0 bridgehead atoms. The predicted octanol–water partition coefficient (Wildman–Crippen LogP) is 3.86. The van der Waals surface area contributed by atoms with Crippen LogP contribution < -0.4 is 15.5 Å². The number of amides is 1. The third kappa shape index (κ3) is 4.79. The Balaban J connectivity index is 1.78. The number of anilines is 2. The number of carbonyl (C=O) groups excluding carboxylic acids is 1. The van der Waals surface area contributed by atoms with Gasteiger partial charge in [0.1, 0.15) is 11.4 Å². The molecule has 1 aliphatic carbocycles. The zero-order valence-corrected chi connectivity index (χ0v) is 16.9. The Kier molecular flexibility index (Phi) is 5.61. The molecule has 28 heavy (non-hydrogen) atoms. The number of nitrogens with zero attached hydrogens (tertiary/aromatic N) is 1. The molecule has 3 rings (SSSR count). The van der Waals surface area contributed by atoms with E-state index in [4.69, 9.17) is 16.3 Å². The number of hydrogen-bond acceptors (Lipinski definition) is 5. The molecule has 1 saturated carbocycles. The first-order valence-electron chi connectivity index (χ1n) is 9.31. The molecule has 1 amide bonds. The molecule has 2 fully saturated rings. The molecule has 1 unspecified atom stereocenters. The van der Waals surface area contributed by atoms with Crippen molar-refractivity contribution >= 4 is 35.0 Å². The maximum absolute atomic E-state index is 14.7. The topological polar surface area (TPSA) is 90.9 Å². The molecule has 1 aromatic rings. The van der Waals surface area contributed by atoms with Crippen molar-refractivity contribution in [2.75, 3.05) is 23.3 Å². The smallest absolute Gasteiger partial charge is 0.407 e. The molecule has 0 aromatic heterocycles. The minimum atomic E-state index is -1.23. The van der Waals surface area contributed by atoms with E-state index in [-0.39, 0.29) is 34.0 Å². The van der Waals surface area contributed by atoms with Crippen molar-refractivity contribution in [3.05, 3.63) is 22.5 Å². The zero-order valence-electron chi connectivity index (χ0n) is 16.1. The molecular formula is C19H25ClFN3O4. The van der Waals surface area contributed by atoms with Crippen LogP contribution in [0.25, 0.3) is 0 Å².